The first-order valence-electron chi connectivity index (χ1n) is 7.22. The summed E-state index contributed by atoms with van der Waals surface area (Å²) in [5, 5.41) is 3.35. The number of hydrogen-bond acceptors (Lipinski definition) is 3. The fraction of sp³-hybridized carbons (Fsp3) is 0.235. The minimum Gasteiger partial charge on any atom is -0.398 e. The number of hydrogen-bond donors (Lipinski definition) is 2. The van der Waals surface area contributed by atoms with Crippen LogP contribution in [0.1, 0.15) is 18.4 Å². The van der Waals surface area contributed by atoms with E-state index in [9.17, 15) is 4.79 Å². The topological polar surface area (TPSA) is 58.4 Å². The van der Waals surface area contributed by atoms with Crippen molar-refractivity contribution >= 4 is 23.0 Å². The SMILES string of the molecule is Nc1ccccc1CNc1ccc(N2CCCC2=O)cc1. The number of carbonyl (C=O) groups is 1. The highest BCUT2D eigenvalue weighted by Gasteiger charge is 2.21. The third-order valence-corrected chi connectivity index (χ3v) is 3.79. The second-order valence-electron chi connectivity index (χ2n) is 5.25. The van der Waals surface area contributed by atoms with E-state index in [0.717, 1.165) is 35.6 Å². The van der Waals surface area contributed by atoms with Crippen LogP contribution in [0.25, 0.3) is 0 Å². The highest BCUT2D eigenvalue weighted by atomic mass is 16.2. The number of para-hydroxylation sites is 1. The van der Waals surface area contributed by atoms with Crippen LogP contribution in [0.15, 0.2) is 48.5 Å². The first-order chi connectivity index (χ1) is 10.2. The maximum Gasteiger partial charge on any atom is 0.227 e. The number of amides is 1. The van der Waals surface area contributed by atoms with Gasteiger partial charge in [-0.2, -0.15) is 0 Å². The van der Waals surface area contributed by atoms with Crippen molar-refractivity contribution in [2.75, 3.05) is 22.5 Å². The smallest absolute Gasteiger partial charge is 0.227 e. The van der Waals surface area contributed by atoms with E-state index < -0.39 is 0 Å². The standard InChI is InChI=1S/C17H19N3O/c18-16-5-2-1-4-13(16)12-19-14-7-9-15(10-8-14)20-11-3-6-17(20)21/h1-2,4-5,7-10,19H,3,6,11-12,18H2. The van der Waals surface area contributed by atoms with Crippen LogP contribution in [-0.4, -0.2) is 12.5 Å². The maximum atomic E-state index is 11.7. The molecule has 21 heavy (non-hydrogen) atoms. The van der Waals surface area contributed by atoms with Gasteiger partial charge in [-0.3, -0.25) is 4.79 Å². The number of nitrogens with zero attached hydrogens (tertiary/aromatic N) is 1. The van der Waals surface area contributed by atoms with Gasteiger partial charge in [0.2, 0.25) is 5.91 Å². The molecule has 2 aromatic carbocycles. The average Bonchev–Trinajstić information content (AvgIpc) is 2.93. The van der Waals surface area contributed by atoms with Gasteiger partial charge < -0.3 is 16.0 Å². The second kappa shape index (κ2) is 5.87. The Morgan fingerprint density at radius 2 is 1.86 bits per heavy atom. The molecule has 0 aromatic heterocycles. The van der Waals surface area contributed by atoms with Crippen molar-refractivity contribution in [2.24, 2.45) is 0 Å². The zero-order valence-electron chi connectivity index (χ0n) is 11.9. The molecule has 4 heteroatoms. The van der Waals surface area contributed by atoms with Gasteiger partial charge in [0.1, 0.15) is 0 Å². The van der Waals surface area contributed by atoms with E-state index in [-0.39, 0.29) is 5.91 Å². The van der Waals surface area contributed by atoms with E-state index in [4.69, 9.17) is 5.73 Å². The number of rotatable bonds is 4. The molecule has 0 unspecified atom stereocenters. The molecular weight excluding hydrogens is 262 g/mol. The zero-order valence-corrected chi connectivity index (χ0v) is 11.9. The summed E-state index contributed by atoms with van der Waals surface area (Å²) in [6, 6.07) is 15.8. The van der Waals surface area contributed by atoms with Crippen LogP contribution in [0, 0.1) is 0 Å². The molecule has 2 aromatic rings. The number of anilines is 3. The molecule has 4 nitrogen and oxygen atoms in total. The molecule has 0 atom stereocenters. The Morgan fingerprint density at radius 3 is 2.52 bits per heavy atom. The summed E-state index contributed by atoms with van der Waals surface area (Å²) in [6.45, 7) is 1.51. The quantitative estimate of drug-likeness (QED) is 0.847. The largest absolute Gasteiger partial charge is 0.398 e. The Kier molecular flexibility index (Phi) is 3.77. The van der Waals surface area contributed by atoms with Gasteiger partial charge in [0.15, 0.2) is 0 Å². The molecule has 1 heterocycles. The highest BCUT2D eigenvalue weighted by Crippen LogP contribution is 2.23. The van der Waals surface area contributed by atoms with E-state index in [2.05, 4.69) is 5.32 Å². The van der Waals surface area contributed by atoms with Crippen molar-refractivity contribution in [1.82, 2.24) is 0 Å². The normalized spacial score (nSPS) is 14.5. The van der Waals surface area contributed by atoms with Crippen molar-refractivity contribution in [3.8, 4) is 0 Å². The van der Waals surface area contributed by atoms with Gasteiger partial charge in [0.25, 0.3) is 0 Å². The second-order valence-corrected chi connectivity index (χ2v) is 5.25. The molecular formula is C17H19N3O. The lowest BCUT2D eigenvalue weighted by Crippen LogP contribution is -2.23. The van der Waals surface area contributed by atoms with Crippen LogP contribution in [0.3, 0.4) is 0 Å². The molecule has 0 aliphatic carbocycles. The van der Waals surface area contributed by atoms with Gasteiger partial charge in [-0.25, -0.2) is 0 Å². The Labute approximate surface area is 124 Å². The molecule has 3 N–H and O–H groups in total. The van der Waals surface area contributed by atoms with Crippen molar-refractivity contribution in [2.45, 2.75) is 19.4 Å². The summed E-state index contributed by atoms with van der Waals surface area (Å²) >= 11 is 0. The van der Waals surface area contributed by atoms with E-state index in [1.807, 2.05) is 53.4 Å². The summed E-state index contributed by atoms with van der Waals surface area (Å²) < 4.78 is 0. The lowest BCUT2D eigenvalue weighted by molar-refractivity contribution is -0.117. The van der Waals surface area contributed by atoms with Crippen LogP contribution in [-0.2, 0) is 11.3 Å². The summed E-state index contributed by atoms with van der Waals surface area (Å²) in [5.41, 5.74) is 9.79. The van der Waals surface area contributed by atoms with Crippen LogP contribution in [0.5, 0.6) is 0 Å². The van der Waals surface area contributed by atoms with Gasteiger partial charge in [0.05, 0.1) is 0 Å². The Morgan fingerprint density at radius 1 is 1.10 bits per heavy atom. The molecule has 1 amide bonds. The highest BCUT2D eigenvalue weighted by molar-refractivity contribution is 5.95. The van der Waals surface area contributed by atoms with E-state index in [1.54, 1.807) is 0 Å². The molecule has 3 rings (SSSR count). The molecule has 0 radical (unpaired) electrons. The minimum atomic E-state index is 0.216. The van der Waals surface area contributed by atoms with Crippen molar-refractivity contribution < 1.29 is 4.79 Å². The molecule has 0 bridgehead atoms. The zero-order chi connectivity index (χ0) is 14.7. The Balaban J connectivity index is 1.65. The van der Waals surface area contributed by atoms with Crippen molar-refractivity contribution in [1.29, 1.82) is 0 Å². The third-order valence-electron chi connectivity index (χ3n) is 3.79. The van der Waals surface area contributed by atoms with Gasteiger partial charge in [0, 0.05) is 36.6 Å². The van der Waals surface area contributed by atoms with E-state index >= 15 is 0 Å². The summed E-state index contributed by atoms with van der Waals surface area (Å²) in [4.78, 5) is 13.6. The predicted molar refractivity (Wildman–Crippen MR) is 86.2 cm³/mol. The van der Waals surface area contributed by atoms with Crippen molar-refractivity contribution in [3.63, 3.8) is 0 Å². The number of benzene rings is 2. The van der Waals surface area contributed by atoms with Crippen LogP contribution < -0.4 is 16.0 Å². The number of nitrogens with two attached hydrogens (primary N) is 1. The minimum absolute atomic E-state index is 0.216. The average molecular weight is 281 g/mol. The van der Waals surface area contributed by atoms with E-state index in [0.29, 0.717) is 13.0 Å². The molecule has 1 aliphatic rings. The first kappa shape index (κ1) is 13.5. The molecule has 108 valence electrons. The molecule has 0 saturated carbocycles. The van der Waals surface area contributed by atoms with Crippen LogP contribution in [0.2, 0.25) is 0 Å². The number of carbonyl (C=O) groups excluding carboxylic acids is 1. The monoisotopic (exact) mass is 281 g/mol. The van der Waals surface area contributed by atoms with Crippen LogP contribution >= 0.6 is 0 Å². The third kappa shape index (κ3) is 2.99. The lowest BCUT2D eigenvalue weighted by atomic mass is 10.2. The van der Waals surface area contributed by atoms with Gasteiger partial charge in [-0.15, -0.1) is 0 Å². The molecule has 1 fully saturated rings. The first-order valence-corrected chi connectivity index (χ1v) is 7.22. The fourth-order valence-corrected chi connectivity index (χ4v) is 2.57. The van der Waals surface area contributed by atoms with Crippen LogP contribution in [0.4, 0.5) is 17.1 Å². The summed E-state index contributed by atoms with van der Waals surface area (Å²) in [5.74, 6) is 0.216. The number of nitrogen functional groups attached to an aromatic ring is 1. The predicted octanol–water partition coefficient (Wildman–Crippen LogP) is 3.01. The van der Waals surface area contributed by atoms with Crippen molar-refractivity contribution in [3.05, 3.63) is 54.1 Å². The molecule has 1 saturated heterocycles. The number of nitrogens with one attached hydrogen (secondary N) is 1. The summed E-state index contributed by atoms with van der Waals surface area (Å²) in [6.07, 6.45) is 1.61. The Bertz CT molecular complexity index is 637. The molecule has 1 aliphatic heterocycles. The van der Waals surface area contributed by atoms with Gasteiger partial charge in [-0.1, -0.05) is 18.2 Å². The Hall–Kier alpha value is -2.49. The summed E-state index contributed by atoms with van der Waals surface area (Å²) in [7, 11) is 0. The fourth-order valence-electron chi connectivity index (χ4n) is 2.57. The lowest BCUT2D eigenvalue weighted by Gasteiger charge is -2.16. The van der Waals surface area contributed by atoms with E-state index in [1.165, 1.54) is 0 Å². The van der Waals surface area contributed by atoms with Gasteiger partial charge >= 0.3 is 0 Å². The van der Waals surface area contributed by atoms with Gasteiger partial charge in [-0.05, 0) is 42.3 Å². The molecule has 0 spiro atoms. The maximum absolute atomic E-state index is 11.7.